The lowest BCUT2D eigenvalue weighted by Gasteiger charge is -2.04. The largest absolute Gasteiger partial charge is 0.305 e. The fourth-order valence-corrected chi connectivity index (χ4v) is 3.11. The first kappa shape index (κ1) is 19.1. The van der Waals surface area contributed by atoms with Gasteiger partial charge in [0, 0.05) is 17.6 Å². The number of benzene rings is 2. The Labute approximate surface area is 166 Å². The van der Waals surface area contributed by atoms with Crippen molar-refractivity contribution in [2.75, 3.05) is 5.75 Å². The lowest BCUT2D eigenvalue weighted by atomic mass is 10.2. The van der Waals surface area contributed by atoms with E-state index in [9.17, 15) is 4.79 Å². The van der Waals surface area contributed by atoms with Crippen molar-refractivity contribution in [2.24, 2.45) is 12.1 Å². The van der Waals surface area contributed by atoms with E-state index in [1.807, 2.05) is 54.9 Å². The number of aryl methyl sites for hydroxylation is 1. The fourth-order valence-electron chi connectivity index (χ4n) is 2.28. The molecule has 1 amide bonds. The highest BCUT2D eigenvalue weighted by molar-refractivity contribution is 7.99. The summed E-state index contributed by atoms with van der Waals surface area (Å²) in [5, 5.41) is 13.6. The van der Waals surface area contributed by atoms with Crippen molar-refractivity contribution in [1.82, 2.24) is 20.2 Å². The number of hydrogen-bond acceptors (Lipinski definition) is 5. The minimum Gasteiger partial charge on any atom is -0.305 e. The third-order valence-electron chi connectivity index (χ3n) is 3.75. The van der Waals surface area contributed by atoms with Crippen LogP contribution in [0.25, 0.3) is 11.4 Å². The maximum absolute atomic E-state index is 12.0. The van der Waals surface area contributed by atoms with E-state index in [1.54, 1.807) is 18.3 Å². The molecule has 0 saturated heterocycles. The summed E-state index contributed by atoms with van der Waals surface area (Å²) in [5.41, 5.74) is 5.53. The number of nitrogens with one attached hydrogen (secondary N) is 1. The van der Waals surface area contributed by atoms with Crippen molar-refractivity contribution in [3.05, 3.63) is 64.7 Å². The fraction of sp³-hybridized carbons (Fsp3) is 0.158. The first-order valence-corrected chi connectivity index (χ1v) is 9.56. The minimum atomic E-state index is -0.209. The molecular weight excluding hydrogens is 382 g/mol. The lowest BCUT2D eigenvalue weighted by molar-refractivity contribution is -0.118. The number of carbonyl (C=O) groups is 1. The smallest absolute Gasteiger partial charge is 0.250 e. The van der Waals surface area contributed by atoms with E-state index in [0.717, 1.165) is 11.1 Å². The Bertz CT molecular complexity index is 951. The zero-order chi connectivity index (χ0) is 19.2. The minimum absolute atomic E-state index is 0.192. The van der Waals surface area contributed by atoms with Gasteiger partial charge < -0.3 is 4.57 Å². The monoisotopic (exact) mass is 399 g/mol. The summed E-state index contributed by atoms with van der Waals surface area (Å²) >= 11 is 7.21. The van der Waals surface area contributed by atoms with Gasteiger partial charge in [-0.3, -0.25) is 4.79 Å². The number of nitrogens with zero attached hydrogens (tertiary/aromatic N) is 4. The van der Waals surface area contributed by atoms with Crippen molar-refractivity contribution < 1.29 is 4.79 Å². The molecular formula is C19H18ClN5OS. The Balaban J connectivity index is 1.54. The van der Waals surface area contributed by atoms with Gasteiger partial charge in [0.1, 0.15) is 0 Å². The SMILES string of the molecule is Cc1ccc(/C=N\NC(=O)CSc2nnc(-c3ccc(Cl)cc3)n2C)cc1. The van der Waals surface area contributed by atoms with Crippen LogP contribution < -0.4 is 5.43 Å². The second-order valence-corrected chi connectivity index (χ2v) is 7.24. The van der Waals surface area contributed by atoms with Gasteiger partial charge in [0.25, 0.3) is 5.91 Å². The summed E-state index contributed by atoms with van der Waals surface area (Å²) in [4.78, 5) is 12.0. The van der Waals surface area contributed by atoms with Gasteiger partial charge in [0.2, 0.25) is 0 Å². The van der Waals surface area contributed by atoms with Crippen molar-refractivity contribution in [2.45, 2.75) is 12.1 Å². The zero-order valence-electron chi connectivity index (χ0n) is 14.9. The molecule has 0 aliphatic heterocycles. The van der Waals surface area contributed by atoms with Crippen LogP contribution in [0.15, 0.2) is 58.8 Å². The van der Waals surface area contributed by atoms with E-state index in [2.05, 4.69) is 20.7 Å². The molecule has 1 heterocycles. The van der Waals surface area contributed by atoms with Gasteiger partial charge in [0.15, 0.2) is 11.0 Å². The number of aromatic nitrogens is 3. The Kier molecular flexibility index (Phi) is 6.26. The van der Waals surface area contributed by atoms with Gasteiger partial charge in [-0.15, -0.1) is 10.2 Å². The number of rotatable bonds is 6. The summed E-state index contributed by atoms with van der Waals surface area (Å²) in [7, 11) is 1.86. The summed E-state index contributed by atoms with van der Waals surface area (Å²) < 4.78 is 1.84. The van der Waals surface area contributed by atoms with Gasteiger partial charge in [-0.25, -0.2) is 5.43 Å². The van der Waals surface area contributed by atoms with Gasteiger partial charge in [0.05, 0.1) is 12.0 Å². The molecule has 0 aliphatic carbocycles. The average molecular weight is 400 g/mol. The highest BCUT2D eigenvalue weighted by Gasteiger charge is 2.12. The predicted molar refractivity (Wildman–Crippen MR) is 109 cm³/mol. The topological polar surface area (TPSA) is 72.2 Å². The normalized spacial score (nSPS) is 11.1. The van der Waals surface area contributed by atoms with Crippen LogP contribution in [-0.4, -0.2) is 32.6 Å². The first-order chi connectivity index (χ1) is 13.0. The molecule has 0 atom stereocenters. The molecule has 27 heavy (non-hydrogen) atoms. The van der Waals surface area contributed by atoms with Crippen LogP contribution in [0.1, 0.15) is 11.1 Å². The lowest BCUT2D eigenvalue weighted by Crippen LogP contribution is -2.19. The Hall–Kier alpha value is -2.64. The number of halogens is 1. The number of thioether (sulfide) groups is 1. The molecule has 0 aliphatic rings. The van der Waals surface area contributed by atoms with Gasteiger partial charge >= 0.3 is 0 Å². The second-order valence-electron chi connectivity index (χ2n) is 5.86. The summed E-state index contributed by atoms with van der Waals surface area (Å²) in [6.45, 7) is 2.02. The van der Waals surface area contributed by atoms with Crippen LogP contribution in [0.5, 0.6) is 0 Å². The zero-order valence-corrected chi connectivity index (χ0v) is 16.5. The van der Waals surface area contributed by atoms with E-state index < -0.39 is 0 Å². The molecule has 0 saturated carbocycles. The molecule has 1 N–H and O–H groups in total. The molecule has 3 rings (SSSR count). The van der Waals surface area contributed by atoms with E-state index in [0.29, 0.717) is 16.0 Å². The third kappa shape index (κ3) is 5.18. The van der Waals surface area contributed by atoms with Crippen molar-refractivity contribution in [1.29, 1.82) is 0 Å². The van der Waals surface area contributed by atoms with Crippen molar-refractivity contribution >= 4 is 35.5 Å². The number of hydrogen-bond donors (Lipinski definition) is 1. The van der Waals surface area contributed by atoms with Crippen molar-refractivity contribution in [3.8, 4) is 11.4 Å². The van der Waals surface area contributed by atoms with Gasteiger partial charge in [-0.1, -0.05) is 53.2 Å². The molecule has 138 valence electrons. The van der Waals surface area contributed by atoms with Crippen LogP contribution in [0.2, 0.25) is 5.02 Å². The summed E-state index contributed by atoms with van der Waals surface area (Å²) in [6.07, 6.45) is 1.61. The molecule has 0 radical (unpaired) electrons. The van der Waals surface area contributed by atoms with Crippen LogP contribution in [-0.2, 0) is 11.8 Å². The highest BCUT2D eigenvalue weighted by Crippen LogP contribution is 2.23. The molecule has 3 aromatic rings. The summed E-state index contributed by atoms with van der Waals surface area (Å²) in [6, 6.07) is 15.2. The molecule has 0 spiro atoms. The highest BCUT2D eigenvalue weighted by atomic mass is 35.5. The second kappa shape index (κ2) is 8.83. The maximum atomic E-state index is 12.0. The van der Waals surface area contributed by atoms with E-state index >= 15 is 0 Å². The maximum Gasteiger partial charge on any atom is 0.250 e. The standard InChI is InChI=1S/C19H18ClN5OS/c1-13-3-5-14(6-4-13)11-21-22-17(26)12-27-19-24-23-18(25(19)2)15-7-9-16(20)10-8-15/h3-11H,12H2,1-2H3,(H,22,26)/b21-11-. The van der Waals surface area contributed by atoms with Crippen molar-refractivity contribution in [3.63, 3.8) is 0 Å². The van der Waals surface area contributed by atoms with E-state index in [-0.39, 0.29) is 11.7 Å². The van der Waals surface area contributed by atoms with E-state index in [1.165, 1.54) is 17.3 Å². The number of amides is 1. The van der Waals surface area contributed by atoms with Crippen LogP contribution >= 0.6 is 23.4 Å². The molecule has 6 nitrogen and oxygen atoms in total. The average Bonchev–Trinajstić information content (AvgIpc) is 3.03. The van der Waals surface area contributed by atoms with E-state index in [4.69, 9.17) is 11.6 Å². The quantitative estimate of drug-likeness (QED) is 0.390. The summed E-state index contributed by atoms with van der Waals surface area (Å²) in [5.74, 6) is 0.698. The van der Waals surface area contributed by atoms with Gasteiger partial charge in [-0.05, 0) is 36.8 Å². The third-order valence-corrected chi connectivity index (χ3v) is 5.02. The molecule has 0 unspecified atom stereocenters. The number of carbonyl (C=O) groups excluding carboxylic acids is 1. The molecule has 8 heteroatoms. The molecule has 0 fully saturated rings. The molecule has 1 aromatic heterocycles. The molecule has 0 bridgehead atoms. The predicted octanol–water partition coefficient (Wildman–Crippen LogP) is 3.69. The van der Waals surface area contributed by atoms with Crippen LogP contribution in [0.4, 0.5) is 0 Å². The number of hydrazone groups is 1. The molecule has 2 aromatic carbocycles. The van der Waals surface area contributed by atoms with Gasteiger partial charge in [-0.2, -0.15) is 5.10 Å². The Morgan fingerprint density at radius 3 is 2.59 bits per heavy atom. The van der Waals surface area contributed by atoms with Crippen LogP contribution in [0, 0.1) is 6.92 Å². The Morgan fingerprint density at radius 1 is 1.19 bits per heavy atom. The Morgan fingerprint density at radius 2 is 1.89 bits per heavy atom. The van der Waals surface area contributed by atoms with Crippen LogP contribution in [0.3, 0.4) is 0 Å². The first-order valence-electron chi connectivity index (χ1n) is 8.19.